The van der Waals surface area contributed by atoms with Gasteiger partial charge in [0, 0.05) is 30.2 Å². The van der Waals surface area contributed by atoms with Crippen molar-refractivity contribution < 1.29 is 4.79 Å². The van der Waals surface area contributed by atoms with Crippen LogP contribution < -0.4 is 5.32 Å². The summed E-state index contributed by atoms with van der Waals surface area (Å²) in [6.07, 6.45) is 3.52. The van der Waals surface area contributed by atoms with Gasteiger partial charge in [0.15, 0.2) is 0 Å². The summed E-state index contributed by atoms with van der Waals surface area (Å²) in [5.41, 5.74) is 4.43. The second-order valence-corrected chi connectivity index (χ2v) is 5.34. The fourth-order valence-electron chi connectivity index (χ4n) is 2.34. The number of rotatable bonds is 4. The average Bonchev–Trinajstić information content (AvgIpc) is 3.16. The molecule has 0 saturated heterocycles. The molecule has 24 heavy (non-hydrogen) atoms. The largest absolute Gasteiger partial charge is 0.325 e. The lowest BCUT2D eigenvalue weighted by Crippen LogP contribution is -2.10. The standard InChI is InChI=1S/C17H16N6O/c1-12-15(11-19-22(12)2)16-8-10-23(21-16)14-5-3-13(4-6-14)20-17(24)7-9-18/h3-6,8,10-11H,7H2,1-2H3,(H,20,24). The molecule has 0 spiro atoms. The number of amides is 1. The average molecular weight is 320 g/mol. The summed E-state index contributed by atoms with van der Waals surface area (Å²) in [4.78, 5) is 11.4. The van der Waals surface area contributed by atoms with E-state index in [1.54, 1.807) is 23.0 Å². The molecule has 3 rings (SSSR count). The second-order valence-electron chi connectivity index (χ2n) is 5.34. The molecule has 0 fully saturated rings. The predicted octanol–water partition coefficient (Wildman–Crippen LogP) is 2.43. The van der Waals surface area contributed by atoms with E-state index in [4.69, 9.17) is 5.26 Å². The predicted molar refractivity (Wildman–Crippen MR) is 89.4 cm³/mol. The number of aryl methyl sites for hydroxylation is 1. The second kappa shape index (κ2) is 6.38. The van der Waals surface area contributed by atoms with Gasteiger partial charge >= 0.3 is 0 Å². The quantitative estimate of drug-likeness (QED) is 0.799. The number of hydrogen-bond acceptors (Lipinski definition) is 4. The van der Waals surface area contributed by atoms with E-state index in [1.165, 1.54) is 0 Å². The van der Waals surface area contributed by atoms with Gasteiger partial charge in [-0.1, -0.05) is 0 Å². The summed E-state index contributed by atoms with van der Waals surface area (Å²) < 4.78 is 3.58. The van der Waals surface area contributed by atoms with Crippen molar-refractivity contribution in [2.24, 2.45) is 7.05 Å². The molecule has 7 heteroatoms. The highest BCUT2D eigenvalue weighted by Gasteiger charge is 2.10. The van der Waals surface area contributed by atoms with Gasteiger partial charge < -0.3 is 5.32 Å². The van der Waals surface area contributed by atoms with Gasteiger partial charge in [-0.25, -0.2) is 4.68 Å². The van der Waals surface area contributed by atoms with Crippen molar-refractivity contribution in [3.63, 3.8) is 0 Å². The van der Waals surface area contributed by atoms with E-state index in [-0.39, 0.29) is 12.3 Å². The molecule has 0 atom stereocenters. The number of nitrogens with zero attached hydrogens (tertiary/aromatic N) is 5. The Bertz CT molecular complexity index is 913. The topological polar surface area (TPSA) is 88.5 Å². The van der Waals surface area contributed by atoms with E-state index >= 15 is 0 Å². The van der Waals surface area contributed by atoms with Gasteiger partial charge in [0.2, 0.25) is 5.91 Å². The number of carbonyl (C=O) groups is 1. The first-order valence-corrected chi connectivity index (χ1v) is 7.40. The molecule has 0 unspecified atom stereocenters. The zero-order valence-electron chi connectivity index (χ0n) is 13.4. The van der Waals surface area contributed by atoms with E-state index in [0.717, 1.165) is 22.6 Å². The number of nitrogens with one attached hydrogen (secondary N) is 1. The Morgan fingerprint density at radius 1 is 1.29 bits per heavy atom. The molecule has 0 aliphatic heterocycles. The maximum atomic E-state index is 11.4. The highest BCUT2D eigenvalue weighted by Crippen LogP contribution is 2.22. The molecule has 7 nitrogen and oxygen atoms in total. The van der Waals surface area contributed by atoms with Crippen molar-refractivity contribution in [1.29, 1.82) is 5.26 Å². The minimum absolute atomic E-state index is 0.158. The molecule has 120 valence electrons. The van der Waals surface area contributed by atoms with Gasteiger partial charge in [0.05, 0.1) is 23.6 Å². The molecule has 1 N–H and O–H groups in total. The van der Waals surface area contributed by atoms with Gasteiger partial charge in [0.1, 0.15) is 6.42 Å². The highest BCUT2D eigenvalue weighted by atomic mass is 16.1. The third kappa shape index (κ3) is 3.03. The van der Waals surface area contributed by atoms with Crippen molar-refractivity contribution in [2.75, 3.05) is 5.32 Å². The third-order valence-corrected chi connectivity index (χ3v) is 3.76. The van der Waals surface area contributed by atoms with Crippen LogP contribution in [0.3, 0.4) is 0 Å². The molecular formula is C17H16N6O. The van der Waals surface area contributed by atoms with E-state index in [1.807, 2.05) is 49.1 Å². The van der Waals surface area contributed by atoms with Crippen LogP contribution in [0, 0.1) is 18.3 Å². The molecule has 0 aliphatic carbocycles. The first kappa shape index (κ1) is 15.5. The Balaban J connectivity index is 1.79. The molecule has 3 aromatic rings. The molecule has 0 bridgehead atoms. The monoisotopic (exact) mass is 320 g/mol. The van der Waals surface area contributed by atoms with E-state index in [9.17, 15) is 4.79 Å². The summed E-state index contributed by atoms with van der Waals surface area (Å²) in [6, 6.07) is 11.0. The van der Waals surface area contributed by atoms with E-state index < -0.39 is 0 Å². The Kier molecular flexibility index (Phi) is 4.12. The lowest BCUT2D eigenvalue weighted by molar-refractivity contribution is -0.115. The van der Waals surface area contributed by atoms with Crippen LogP contribution in [-0.4, -0.2) is 25.5 Å². The number of anilines is 1. The van der Waals surface area contributed by atoms with Crippen LogP contribution in [0.4, 0.5) is 5.69 Å². The lowest BCUT2D eigenvalue weighted by atomic mass is 10.2. The zero-order chi connectivity index (χ0) is 17.1. The molecular weight excluding hydrogens is 304 g/mol. The first-order valence-electron chi connectivity index (χ1n) is 7.40. The maximum absolute atomic E-state index is 11.4. The van der Waals surface area contributed by atoms with Gasteiger partial charge in [0.25, 0.3) is 0 Å². The van der Waals surface area contributed by atoms with E-state index in [0.29, 0.717) is 5.69 Å². The molecule has 2 heterocycles. The maximum Gasteiger partial charge on any atom is 0.238 e. The smallest absolute Gasteiger partial charge is 0.238 e. The summed E-state index contributed by atoms with van der Waals surface area (Å²) in [7, 11) is 1.90. The lowest BCUT2D eigenvalue weighted by Gasteiger charge is -2.05. The Labute approximate surface area is 139 Å². The van der Waals surface area contributed by atoms with Crippen LogP contribution >= 0.6 is 0 Å². The van der Waals surface area contributed by atoms with Crippen molar-refractivity contribution in [2.45, 2.75) is 13.3 Å². The summed E-state index contributed by atoms with van der Waals surface area (Å²) in [6.45, 7) is 2.00. The number of benzene rings is 1. The summed E-state index contributed by atoms with van der Waals surface area (Å²) in [5.74, 6) is -0.321. The number of hydrogen-bond donors (Lipinski definition) is 1. The highest BCUT2D eigenvalue weighted by molar-refractivity contribution is 5.92. The third-order valence-electron chi connectivity index (χ3n) is 3.76. The van der Waals surface area contributed by atoms with Crippen LogP contribution in [0.15, 0.2) is 42.7 Å². The number of aromatic nitrogens is 4. The Hall–Kier alpha value is -3.40. The molecule has 0 aliphatic rings. The minimum atomic E-state index is -0.321. The van der Waals surface area contributed by atoms with Gasteiger partial charge in [-0.2, -0.15) is 15.5 Å². The van der Waals surface area contributed by atoms with Crippen LogP contribution in [0.5, 0.6) is 0 Å². The van der Waals surface area contributed by atoms with Gasteiger partial charge in [-0.05, 0) is 37.3 Å². The Morgan fingerprint density at radius 3 is 2.67 bits per heavy atom. The molecule has 0 saturated carbocycles. The summed E-state index contributed by atoms with van der Waals surface area (Å²) in [5, 5.41) is 20.0. The number of nitriles is 1. The van der Waals surface area contributed by atoms with Gasteiger partial charge in [-0.15, -0.1) is 0 Å². The molecule has 2 aromatic heterocycles. The Morgan fingerprint density at radius 2 is 2.04 bits per heavy atom. The van der Waals surface area contributed by atoms with Crippen molar-refractivity contribution in [3.05, 3.63) is 48.4 Å². The van der Waals surface area contributed by atoms with Crippen molar-refractivity contribution >= 4 is 11.6 Å². The molecule has 1 amide bonds. The SMILES string of the molecule is Cc1c(-c2ccn(-c3ccc(NC(=O)CC#N)cc3)n2)cnn1C. The van der Waals surface area contributed by atoms with Crippen LogP contribution in [0.25, 0.3) is 16.9 Å². The van der Waals surface area contributed by atoms with Crippen LogP contribution in [0.1, 0.15) is 12.1 Å². The van der Waals surface area contributed by atoms with E-state index in [2.05, 4.69) is 15.5 Å². The van der Waals surface area contributed by atoms with Crippen molar-refractivity contribution in [3.8, 4) is 23.0 Å². The number of carbonyl (C=O) groups excluding carboxylic acids is 1. The fourth-order valence-corrected chi connectivity index (χ4v) is 2.34. The normalized spacial score (nSPS) is 10.4. The van der Waals surface area contributed by atoms with Gasteiger partial charge in [-0.3, -0.25) is 9.48 Å². The fraction of sp³-hybridized carbons (Fsp3) is 0.176. The van der Waals surface area contributed by atoms with Crippen molar-refractivity contribution in [1.82, 2.24) is 19.6 Å². The molecule has 1 aromatic carbocycles. The van der Waals surface area contributed by atoms with Crippen LogP contribution in [-0.2, 0) is 11.8 Å². The molecule has 0 radical (unpaired) electrons. The van der Waals surface area contributed by atoms with Crippen LogP contribution in [0.2, 0.25) is 0 Å². The zero-order valence-corrected chi connectivity index (χ0v) is 13.4. The summed E-state index contributed by atoms with van der Waals surface area (Å²) >= 11 is 0. The first-order chi connectivity index (χ1) is 11.6. The minimum Gasteiger partial charge on any atom is -0.325 e.